The van der Waals surface area contributed by atoms with Crippen molar-refractivity contribution in [3.05, 3.63) is 29.8 Å². The first-order chi connectivity index (χ1) is 11.7. The van der Waals surface area contributed by atoms with Crippen LogP contribution in [0, 0.1) is 0 Å². The minimum absolute atomic E-state index is 0. The summed E-state index contributed by atoms with van der Waals surface area (Å²) in [4.78, 5) is 23.5. The maximum atomic E-state index is 11.9. The second-order valence-corrected chi connectivity index (χ2v) is 6.46. The Balaban J connectivity index is 0.00000225. The number of hydrogen-bond donors (Lipinski definition) is 3. The van der Waals surface area contributed by atoms with E-state index in [2.05, 4.69) is 16.0 Å². The van der Waals surface area contributed by atoms with Crippen LogP contribution in [0.3, 0.4) is 0 Å². The molecule has 3 rings (SSSR count). The molecule has 1 heterocycles. The summed E-state index contributed by atoms with van der Waals surface area (Å²) in [5.41, 5.74) is 1.13. The van der Waals surface area contributed by atoms with Crippen molar-refractivity contribution in [1.29, 1.82) is 0 Å². The van der Waals surface area contributed by atoms with Gasteiger partial charge in [0.25, 0.3) is 5.91 Å². The van der Waals surface area contributed by atoms with Crippen molar-refractivity contribution in [3.8, 4) is 5.75 Å². The van der Waals surface area contributed by atoms with Gasteiger partial charge < -0.3 is 20.7 Å². The molecule has 0 aromatic heterocycles. The zero-order valence-corrected chi connectivity index (χ0v) is 15.1. The molecule has 3 N–H and O–H groups in total. The van der Waals surface area contributed by atoms with Crippen LogP contribution >= 0.6 is 12.4 Å². The number of rotatable bonds is 8. The quantitative estimate of drug-likeness (QED) is 0.644. The Morgan fingerprint density at radius 3 is 2.56 bits per heavy atom. The molecule has 1 aliphatic carbocycles. The molecule has 1 unspecified atom stereocenters. The van der Waals surface area contributed by atoms with Crippen LogP contribution in [-0.4, -0.2) is 43.6 Å². The molecule has 6 nitrogen and oxygen atoms in total. The summed E-state index contributed by atoms with van der Waals surface area (Å²) in [7, 11) is 0. The number of ether oxygens (including phenoxy) is 1. The van der Waals surface area contributed by atoms with E-state index in [1.807, 2.05) is 24.3 Å². The van der Waals surface area contributed by atoms with Gasteiger partial charge in [-0.25, -0.2) is 0 Å². The van der Waals surface area contributed by atoms with Gasteiger partial charge in [0.2, 0.25) is 5.91 Å². The minimum atomic E-state index is -0.0650. The van der Waals surface area contributed by atoms with Crippen molar-refractivity contribution in [2.75, 3.05) is 19.7 Å². The van der Waals surface area contributed by atoms with Crippen molar-refractivity contribution in [2.45, 2.75) is 44.2 Å². The van der Waals surface area contributed by atoms with Gasteiger partial charge in [0.1, 0.15) is 5.75 Å². The summed E-state index contributed by atoms with van der Waals surface area (Å²) in [6.45, 7) is 1.61. The fraction of sp³-hybridized carbons (Fsp3) is 0.556. The van der Waals surface area contributed by atoms with Gasteiger partial charge in [-0.3, -0.25) is 9.59 Å². The fourth-order valence-electron chi connectivity index (χ4n) is 2.76. The predicted octanol–water partition coefficient (Wildman–Crippen LogP) is 1.18. The summed E-state index contributed by atoms with van der Waals surface area (Å²) in [6, 6.07) is 7.99. The number of amides is 2. The summed E-state index contributed by atoms with van der Waals surface area (Å²) in [5, 5.41) is 9.04. The third-order valence-electron chi connectivity index (χ3n) is 4.33. The lowest BCUT2D eigenvalue weighted by atomic mass is 10.1. The van der Waals surface area contributed by atoms with Gasteiger partial charge in [-0.15, -0.1) is 12.4 Å². The highest BCUT2D eigenvalue weighted by molar-refractivity contribution is 5.85. The average molecular weight is 368 g/mol. The number of hydrogen-bond acceptors (Lipinski definition) is 4. The molecule has 1 saturated heterocycles. The Bertz CT molecular complexity index is 569. The van der Waals surface area contributed by atoms with Crippen molar-refractivity contribution < 1.29 is 14.3 Å². The number of carbonyl (C=O) groups excluding carboxylic acids is 2. The first-order valence-corrected chi connectivity index (χ1v) is 8.73. The highest BCUT2D eigenvalue weighted by Crippen LogP contribution is 2.18. The van der Waals surface area contributed by atoms with Gasteiger partial charge in [-0.2, -0.15) is 0 Å². The van der Waals surface area contributed by atoms with E-state index in [1.165, 1.54) is 0 Å². The Kier molecular flexibility index (Phi) is 7.52. The Morgan fingerprint density at radius 1 is 1.16 bits per heavy atom. The zero-order valence-electron chi connectivity index (χ0n) is 14.3. The van der Waals surface area contributed by atoms with E-state index in [9.17, 15) is 9.59 Å². The normalized spacial score (nSPS) is 19.0. The molecule has 1 aromatic carbocycles. The first-order valence-electron chi connectivity index (χ1n) is 8.73. The minimum Gasteiger partial charge on any atom is -0.484 e. The van der Waals surface area contributed by atoms with Crippen molar-refractivity contribution >= 4 is 24.2 Å². The van der Waals surface area contributed by atoms with E-state index < -0.39 is 0 Å². The van der Waals surface area contributed by atoms with Crippen LogP contribution < -0.4 is 20.7 Å². The smallest absolute Gasteiger partial charge is 0.258 e. The molecule has 25 heavy (non-hydrogen) atoms. The molecule has 0 radical (unpaired) electrons. The topological polar surface area (TPSA) is 79.5 Å². The number of halogens is 1. The van der Waals surface area contributed by atoms with E-state index in [4.69, 9.17) is 4.74 Å². The van der Waals surface area contributed by atoms with Crippen molar-refractivity contribution in [3.63, 3.8) is 0 Å². The van der Waals surface area contributed by atoms with Crippen molar-refractivity contribution in [1.82, 2.24) is 16.0 Å². The van der Waals surface area contributed by atoms with Gasteiger partial charge in [-0.05, 0) is 56.3 Å². The van der Waals surface area contributed by atoms with Gasteiger partial charge in [-0.1, -0.05) is 12.1 Å². The van der Waals surface area contributed by atoms with E-state index in [0.29, 0.717) is 18.3 Å². The largest absolute Gasteiger partial charge is 0.484 e. The maximum Gasteiger partial charge on any atom is 0.258 e. The molecule has 0 spiro atoms. The highest BCUT2D eigenvalue weighted by atomic mass is 35.5. The first kappa shape index (κ1) is 19.5. The number of carbonyl (C=O) groups is 2. The van der Waals surface area contributed by atoms with Crippen LogP contribution in [0.4, 0.5) is 0 Å². The predicted molar refractivity (Wildman–Crippen MR) is 98.1 cm³/mol. The summed E-state index contributed by atoms with van der Waals surface area (Å²) in [6.07, 6.45) is 4.92. The van der Waals surface area contributed by atoms with E-state index in [0.717, 1.165) is 44.2 Å². The summed E-state index contributed by atoms with van der Waals surface area (Å²) in [5.74, 6) is 0.711. The lowest BCUT2D eigenvalue weighted by molar-refractivity contribution is -0.123. The maximum absolute atomic E-state index is 11.9. The SMILES string of the molecule is Cl.O=C(COc1ccc(CCNC(=O)C2CCCN2)cc1)NC1CC1. The van der Waals surface area contributed by atoms with Crippen LogP contribution in [0.5, 0.6) is 5.75 Å². The Hall–Kier alpha value is -1.79. The van der Waals surface area contributed by atoms with Gasteiger partial charge in [0, 0.05) is 12.6 Å². The van der Waals surface area contributed by atoms with Crippen molar-refractivity contribution in [2.24, 2.45) is 0 Å². The number of nitrogens with one attached hydrogen (secondary N) is 3. The molecule has 2 amide bonds. The van der Waals surface area contributed by atoms with E-state index in [1.54, 1.807) is 0 Å². The number of benzene rings is 1. The lowest BCUT2D eigenvalue weighted by Gasteiger charge is -2.11. The van der Waals surface area contributed by atoms with Crippen LogP contribution in [0.1, 0.15) is 31.2 Å². The molecule has 1 saturated carbocycles. The molecule has 2 fully saturated rings. The molecular weight excluding hydrogens is 342 g/mol. The van der Waals surface area contributed by atoms with Crippen LogP contribution in [-0.2, 0) is 16.0 Å². The molecule has 2 aliphatic rings. The Morgan fingerprint density at radius 2 is 1.92 bits per heavy atom. The fourth-order valence-corrected chi connectivity index (χ4v) is 2.76. The summed E-state index contributed by atoms with van der Waals surface area (Å²) < 4.78 is 5.47. The van der Waals surface area contributed by atoms with Crippen LogP contribution in [0.15, 0.2) is 24.3 Å². The van der Waals surface area contributed by atoms with Crippen LogP contribution in [0.25, 0.3) is 0 Å². The van der Waals surface area contributed by atoms with E-state index >= 15 is 0 Å². The molecule has 7 heteroatoms. The molecule has 1 aliphatic heterocycles. The molecule has 0 bridgehead atoms. The second kappa shape index (κ2) is 9.63. The monoisotopic (exact) mass is 367 g/mol. The Labute approximate surface area is 154 Å². The molecule has 1 atom stereocenters. The van der Waals surface area contributed by atoms with Crippen LogP contribution in [0.2, 0.25) is 0 Å². The molecule has 138 valence electrons. The third-order valence-corrected chi connectivity index (χ3v) is 4.33. The third kappa shape index (κ3) is 6.55. The highest BCUT2D eigenvalue weighted by Gasteiger charge is 2.23. The molecule has 1 aromatic rings. The average Bonchev–Trinajstić information content (AvgIpc) is 3.23. The zero-order chi connectivity index (χ0) is 16.8. The van der Waals surface area contributed by atoms with E-state index in [-0.39, 0.29) is 36.9 Å². The van der Waals surface area contributed by atoms with Gasteiger partial charge in [0.05, 0.1) is 6.04 Å². The van der Waals surface area contributed by atoms with Gasteiger partial charge >= 0.3 is 0 Å². The second-order valence-electron chi connectivity index (χ2n) is 6.46. The van der Waals surface area contributed by atoms with Gasteiger partial charge in [0.15, 0.2) is 6.61 Å². The molecular formula is C18H26ClN3O3. The standard InChI is InChI=1S/C18H25N3O3.ClH/c22-17(21-14-5-6-14)12-24-15-7-3-13(4-8-15)9-11-20-18(23)16-2-1-10-19-16;/h3-4,7-8,14,16,19H,1-2,5-6,9-12H2,(H,20,23)(H,21,22);1H. The lowest BCUT2D eigenvalue weighted by Crippen LogP contribution is -2.41. The summed E-state index contributed by atoms with van der Waals surface area (Å²) >= 11 is 0.